The highest BCUT2D eigenvalue weighted by Gasteiger charge is 2.39. The zero-order valence-corrected chi connectivity index (χ0v) is 11.4. The highest BCUT2D eigenvalue weighted by Crippen LogP contribution is 2.43. The molecule has 20 heavy (non-hydrogen) atoms. The molecule has 0 bridgehead atoms. The average Bonchev–Trinajstić information content (AvgIpc) is 2.34. The fraction of sp³-hybridized carbons (Fsp3) is 0.462. The Morgan fingerprint density at radius 3 is 2.75 bits per heavy atom. The summed E-state index contributed by atoms with van der Waals surface area (Å²) in [6.45, 7) is 0.241. The number of carboxylic acids is 1. The topological polar surface area (TPSA) is 79.3 Å². The first-order valence-corrected chi connectivity index (χ1v) is 6.61. The number of carboxylic acid groups (broad SMARTS) is 1. The van der Waals surface area contributed by atoms with E-state index in [1.54, 1.807) is 0 Å². The smallest absolute Gasteiger partial charge is 0.303 e. The molecule has 0 unspecified atom stereocenters. The normalized spacial score (nSPS) is 16.3. The van der Waals surface area contributed by atoms with Crippen molar-refractivity contribution in [1.29, 1.82) is 0 Å². The molecule has 1 aromatic rings. The number of carbonyl (C=O) groups is 2. The van der Waals surface area contributed by atoms with Crippen LogP contribution < -0.4 is 5.32 Å². The minimum atomic E-state index is -0.885. The van der Waals surface area contributed by atoms with Gasteiger partial charge < -0.3 is 10.4 Å². The third-order valence-electron chi connectivity index (χ3n) is 3.61. The zero-order valence-electron chi connectivity index (χ0n) is 10.7. The van der Waals surface area contributed by atoms with Crippen molar-refractivity contribution in [2.75, 3.05) is 6.54 Å². The number of aliphatic carboxylic acids is 1. The third-order valence-corrected chi connectivity index (χ3v) is 3.92. The molecule has 0 atom stereocenters. The first kappa shape index (κ1) is 14.7. The van der Waals surface area contributed by atoms with Gasteiger partial charge in [-0.25, -0.2) is 9.37 Å². The van der Waals surface area contributed by atoms with Gasteiger partial charge in [-0.2, -0.15) is 0 Å². The SMILES string of the molecule is O=C(O)CC1(CNC(=O)c2cc(F)cnc2Cl)CCC1. The van der Waals surface area contributed by atoms with Gasteiger partial charge in [-0.3, -0.25) is 9.59 Å². The van der Waals surface area contributed by atoms with Crippen LogP contribution in [0.25, 0.3) is 0 Å². The molecule has 7 heteroatoms. The second-order valence-corrected chi connectivity index (χ2v) is 5.46. The zero-order chi connectivity index (χ0) is 14.8. The maximum atomic E-state index is 13.1. The number of nitrogens with one attached hydrogen (secondary N) is 1. The lowest BCUT2D eigenvalue weighted by Gasteiger charge is -2.40. The van der Waals surface area contributed by atoms with E-state index in [1.807, 2.05) is 0 Å². The van der Waals surface area contributed by atoms with Crippen molar-refractivity contribution in [3.05, 3.63) is 28.8 Å². The summed E-state index contributed by atoms with van der Waals surface area (Å²) in [5.74, 6) is -2.08. The average molecular weight is 301 g/mol. The van der Waals surface area contributed by atoms with E-state index in [0.29, 0.717) is 0 Å². The van der Waals surface area contributed by atoms with Crippen molar-refractivity contribution in [3.8, 4) is 0 Å². The van der Waals surface area contributed by atoms with Crippen LogP contribution in [0.5, 0.6) is 0 Å². The minimum Gasteiger partial charge on any atom is -0.481 e. The molecule has 2 N–H and O–H groups in total. The number of nitrogens with zero attached hydrogens (tertiary/aromatic N) is 1. The van der Waals surface area contributed by atoms with Crippen molar-refractivity contribution in [3.63, 3.8) is 0 Å². The van der Waals surface area contributed by atoms with Gasteiger partial charge in [0.1, 0.15) is 11.0 Å². The monoisotopic (exact) mass is 300 g/mol. The summed E-state index contributed by atoms with van der Waals surface area (Å²) in [5.41, 5.74) is -0.439. The highest BCUT2D eigenvalue weighted by molar-refractivity contribution is 6.32. The Balaban J connectivity index is 2.01. The third kappa shape index (κ3) is 3.25. The number of carbonyl (C=O) groups excluding carboxylic acids is 1. The first-order chi connectivity index (χ1) is 9.42. The minimum absolute atomic E-state index is 0.0163. The van der Waals surface area contributed by atoms with E-state index in [1.165, 1.54) is 0 Å². The molecular weight excluding hydrogens is 287 g/mol. The fourth-order valence-electron chi connectivity index (χ4n) is 2.36. The number of hydrogen-bond donors (Lipinski definition) is 2. The van der Waals surface area contributed by atoms with Crippen LogP contribution in [0.1, 0.15) is 36.0 Å². The molecule has 1 amide bonds. The van der Waals surface area contributed by atoms with Crippen molar-refractivity contribution in [2.24, 2.45) is 5.41 Å². The number of aromatic nitrogens is 1. The molecular formula is C13H14ClFN2O3. The molecule has 1 aliphatic carbocycles. The Hall–Kier alpha value is -1.69. The summed E-state index contributed by atoms with van der Waals surface area (Å²) < 4.78 is 13.1. The predicted octanol–water partition coefficient (Wildman–Crippen LogP) is 2.25. The van der Waals surface area contributed by atoms with Crippen LogP contribution in [0.3, 0.4) is 0 Å². The predicted molar refractivity (Wildman–Crippen MR) is 70.1 cm³/mol. The Morgan fingerprint density at radius 1 is 1.50 bits per heavy atom. The summed E-state index contributed by atoms with van der Waals surface area (Å²) in [6, 6.07) is 1.01. The molecule has 0 aromatic carbocycles. The molecule has 1 heterocycles. The summed E-state index contributed by atoms with van der Waals surface area (Å²) in [5, 5.41) is 11.4. The molecule has 0 radical (unpaired) electrons. The van der Waals surface area contributed by atoms with Gasteiger partial charge in [0.2, 0.25) is 0 Å². The van der Waals surface area contributed by atoms with Crippen LogP contribution in [-0.2, 0) is 4.79 Å². The van der Waals surface area contributed by atoms with E-state index >= 15 is 0 Å². The van der Waals surface area contributed by atoms with E-state index in [9.17, 15) is 14.0 Å². The van der Waals surface area contributed by atoms with Crippen molar-refractivity contribution in [2.45, 2.75) is 25.7 Å². The van der Waals surface area contributed by atoms with Crippen LogP contribution >= 0.6 is 11.6 Å². The number of halogens is 2. The van der Waals surface area contributed by atoms with Crippen molar-refractivity contribution in [1.82, 2.24) is 10.3 Å². The standard InChI is InChI=1S/C13H14ClFN2O3/c14-11-9(4-8(15)6-16-11)12(20)17-7-13(2-1-3-13)5-10(18)19/h4,6H,1-3,5,7H2,(H,17,20)(H,18,19). The Morgan fingerprint density at radius 2 is 2.20 bits per heavy atom. The second kappa shape index (κ2) is 5.75. The van der Waals surface area contributed by atoms with Crippen LogP contribution in [-0.4, -0.2) is 28.5 Å². The molecule has 1 aromatic heterocycles. The second-order valence-electron chi connectivity index (χ2n) is 5.10. The molecule has 108 valence electrons. The maximum Gasteiger partial charge on any atom is 0.303 e. The fourth-order valence-corrected chi connectivity index (χ4v) is 2.55. The number of hydrogen-bond acceptors (Lipinski definition) is 3. The van der Waals surface area contributed by atoms with Crippen LogP contribution in [0.4, 0.5) is 4.39 Å². The molecule has 2 rings (SSSR count). The number of amides is 1. The largest absolute Gasteiger partial charge is 0.481 e. The lowest BCUT2D eigenvalue weighted by atomic mass is 9.66. The molecule has 5 nitrogen and oxygen atoms in total. The van der Waals surface area contributed by atoms with E-state index < -0.39 is 23.1 Å². The molecule has 0 spiro atoms. The summed E-state index contributed by atoms with van der Waals surface area (Å²) in [6.07, 6.45) is 3.41. The lowest BCUT2D eigenvalue weighted by molar-refractivity contribution is -0.141. The maximum absolute atomic E-state index is 13.1. The molecule has 0 aliphatic heterocycles. The summed E-state index contributed by atoms with van der Waals surface area (Å²) >= 11 is 5.74. The van der Waals surface area contributed by atoms with Gasteiger partial charge in [0, 0.05) is 6.54 Å². The van der Waals surface area contributed by atoms with Crippen molar-refractivity contribution >= 4 is 23.5 Å². The summed E-state index contributed by atoms with van der Waals surface area (Å²) in [4.78, 5) is 26.3. The Bertz CT molecular complexity index is 546. The van der Waals surface area contributed by atoms with Gasteiger partial charge in [0.15, 0.2) is 0 Å². The number of pyridine rings is 1. The van der Waals surface area contributed by atoms with E-state index in [-0.39, 0.29) is 23.7 Å². The van der Waals surface area contributed by atoms with Gasteiger partial charge in [-0.15, -0.1) is 0 Å². The number of rotatable bonds is 5. The molecule has 1 fully saturated rings. The Labute approximate surface area is 120 Å². The van der Waals surface area contributed by atoms with E-state index in [2.05, 4.69) is 10.3 Å². The van der Waals surface area contributed by atoms with Gasteiger partial charge in [0.05, 0.1) is 18.2 Å². The molecule has 1 aliphatic rings. The van der Waals surface area contributed by atoms with Gasteiger partial charge >= 0.3 is 5.97 Å². The molecule has 0 saturated heterocycles. The van der Waals surface area contributed by atoms with Gasteiger partial charge in [-0.05, 0) is 24.3 Å². The van der Waals surface area contributed by atoms with Gasteiger partial charge in [0.25, 0.3) is 5.91 Å². The van der Waals surface area contributed by atoms with Crippen LogP contribution in [0.15, 0.2) is 12.3 Å². The van der Waals surface area contributed by atoms with E-state index in [4.69, 9.17) is 16.7 Å². The Kier molecular flexibility index (Phi) is 4.23. The molecule has 1 saturated carbocycles. The van der Waals surface area contributed by atoms with Crippen molar-refractivity contribution < 1.29 is 19.1 Å². The summed E-state index contributed by atoms with van der Waals surface area (Å²) in [7, 11) is 0. The quantitative estimate of drug-likeness (QED) is 0.817. The van der Waals surface area contributed by atoms with Crippen LogP contribution in [0, 0.1) is 11.2 Å². The van der Waals surface area contributed by atoms with Crippen LogP contribution in [0.2, 0.25) is 5.15 Å². The van der Waals surface area contributed by atoms with Gasteiger partial charge in [-0.1, -0.05) is 18.0 Å². The first-order valence-electron chi connectivity index (χ1n) is 6.23. The van der Waals surface area contributed by atoms with E-state index in [0.717, 1.165) is 31.5 Å². The highest BCUT2D eigenvalue weighted by atomic mass is 35.5. The lowest BCUT2D eigenvalue weighted by Crippen LogP contribution is -2.43.